The Labute approximate surface area is 149 Å². The molecule has 0 heterocycles. The maximum atomic E-state index is 5.90. The van der Waals surface area contributed by atoms with Gasteiger partial charge in [-0.3, -0.25) is 0 Å². The lowest BCUT2D eigenvalue weighted by atomic mass is 10.0. The topological polar surface area (TPSA) is 12.0 Å². The first-order valence-corrected chi connectivity index (χ1v) is 8.70. The molecule has 0 aliphatic rings. The summed E-state index contributed by atoms with van der Waals surface area (Å²) in [5.41, 5.74) is 6.45. The number of hydrogen-bond acceptors (Lipinski definition) is 1. The minimum Gasteiger partial charge on any atom is -0.312 e. The minimum absolute atomic E-state index is 0.792. The number of nitrogens with one attached hydrogen (secondary N) is 1. The van der Waals surface area contributed by atoms with E-state index in [9.17, 15) is 0 Å². The number of aryl methyl sites for hydroxylation is 1. The zero-order chi connectivity index (χ0) is 16.8. The van der Waals surface area contributed by atoms with Crippen LogP contribution < -0.4 is 5.32 Å². The molecule has 0 spiro atoms. The Balaban J connectivity index is 1.50. The van der Waals surface area contributed by atoms with E-state index in [1.165, 1.54) is 27.8 Å². The van der Waals surface area contributed by atoms with Gasteiger partial charge in [-0.25, -0.2) is 0 Å². The predicted octanol–water partition coefficient (Wildman–Crippen LogP) is 5.65. The van der Waals surface area contributed by atoms with Gasteiger partial charge in [-0.05, 0) is 54.3 Å². The number of rotatable bonds is 6. The van der Waals surface area contributed by atoms with Gasteiger partial charge in [0.15, 0.2) is 0 Å². The molecule has 0 aliphatic heterocycles. The summed E-state index contributed by atoms with van der Waals surface area (Å²) in [6, 6.07) is 25.5. The molecule has 3 aromatic rings. The molecular weight excluding hydrogens is 314 g/mol. The van der Waals surface area contributed by atoms with Crippen LogP contribution in [0.5, 0.6) is 0 Å². The van der Waals surface area contributed by atoms with Crippen molar-refractivity contribution in [3.8, 4) is 11.1 Å². The number of halogens is 1. The second kappa shape index (κ2) is 8.14. The molecule has 1 nitrogen and oxygen atoms in total. The molecule has 0 atom stereocenters. The average Bonchev–Trinajstić information content (AvgIpc) is 2.61. The molecule has 0 radical (unpaired) electrons. The zero-order valence-electron chi connectivity index (χ0n) is 13.9. The molecule has 3 rings (SSSR count). The van der Waals surface area contributed by atoms with E-state index in [0.717, 1.165) is 24.5 Å². The zero-order valence-corrected chi connectivity index (χ0v) is 14.7. The van der Waals surface area contributed by atoms with Gasteiger partial charge in [0.2, 0.25) is 0 Å². The van der Waals surface area contributed by atoms with Crippen molar-refractivity contribution in [2.24, 2.45) is 0 Å². The summed E-state index contributed by atoms with van der Waals surface area (Å²) in [7, 11) is 0. The van der Waals surface area contributed by atoms with Crippen molar-refractivity contribution in [2.45, 2.75) is 19.9 Å². The third kappa shape index (κ3) is 4.70. The summed E-state index contributed by atoms with van der Waals surface area (Å²) >= 11 is 5.90. The first kappa shape index (κ1) is 16.8. The fourth-order valence-electron chi connectivity index (χ4n) is 2.76. The fraction of sp³-hybridized carbons (Fsp3) is 0.182. The summed E-state index contributed by atoms with van der Waals surface area (Å²) < 4.78 is 0. The van der Waals surface area contributed by atoms with E-state index in [0.29, 0.717) is 0 Å². The van der Waals surface area contributed by atoms with E-state index < -0.39 is 0 Å². The Morgan fingerprint density at radius 2 is 1.50 bits per heavy atom. The summed E-state index contributed by atoms with van der Waals surface area (Å²) in [4.78, 5) is 0. The normalized spacial score (nSPS) is 10.8. The Hall–Kier alpha value is -2.09. The van der Waals surface area contributed by atoms with Crippen molar-refractivity contribution < 1.29 is 0 Å². The average molecular weight is 336 g/mol. The van der Waals surface area contributed by atoms with Gasteiger partial charge >= 0.3 is 0 Å². The highest BCUT2D eigenvalue weighted by molar-refractivity contribution is 6.30. The molecule has 24 heavy (non-hydrogen) atoms. The third-order valence-electron chi connectivity index (χ3n) is 4.14. The van der Waals surface area contributed by atoms with E-state index in [1.807, 2.05) is 12.1 Å². The minimum atomic E-state index is 0.792. The molecule has 3 aromatic carbocycles. The highest BCUT2D eigenvalue weighted by Crippen LogP contribution is 2.20. The van der Waals surface area contributed by atoms with Gasteiger partial charge in [0, 0.05) is 11.6 Å². The molecule has 0 aromatic heterocycles. The number of benzene rings is 3. The summed E-state index contributed by atoms with van der Waals surface area (Å²) in [5.74, 6) is 0. The van der Waals surface area contributed by atoms with E-state index >= 15 is 0 Å². The first-order valence-electron chi connectivity index (χ1n) is 8.32. The molecule has 0 amide bonds. The standard InChI is InChI=1S/C22H22ClN/c1-17-3-2-4-21(15-17)20-9-5-19(6-10-20)16-24-14-13-18-7-11-22(23)12-8-18/h2-12,15,24H,13-14,16H2,1H3. The molecule has 0 bridgehead atoms. The monoisotopic (exact) mass is 335 g/mol. The van der Waals surface area contributed by atoms with Crippen LogP contribution in [0.15, 0.2) is 72.8 Å². The largest absolute Gasteiger partial charge is 0.312 e. The molecule has 1 N–H and O–H groups in total. The quantitative estimate of drug-likeness (QED) is 0.574. The lowest BCUT2D eigenvalue weighted by Gasteiger charge is -2.07. The van der Waals surface area contributed by atoms with Gasteiger partial charge < -0.3 is 5.32 Å². The van der Waals surface area contributed by atoms with Crippen molar-refractivity contribution in [1.82, 2.24) is 5.32 Å². The van der Waals surface area contributed by atoms with Crippen molar-refractivity contribution >= 4 is 11.6 Å². The van der Waals surface area contributed by atoms with Crippen molar-refractivity contribution in [2.75, 3.05) is 6.54 Å². The second-order valence-corrected chi connectivity index (χ2v) is 6.56. The van der Waals surface area contributed by atoms with Crippen molar-refractivity contribution in [3.63, 3.8) is 0 Å². The van der Waals surface area contributed by atoms with Crippen LogP contribution in [-0.2, 0) is 13.0 Å². The third-order valence-corrected chi connectivity index (χ3v) is 4.39. The predicted molar refractivity (Wildman–Crippen MR) is 103 cm³/mol. The van der Waals surface area contributed by atoms with E-state index in [2.05, 4.69) is 72.9 Å². The number of hydrogen-bond donors (Lipinski definition) is 1. The van der Waals surface area contributed by atoms with Crippen LogP contribution in [0.25, 0.3) is 11.1 Å². The summed E-state index contributed by atoms with van der Waals surface area (Å²) in [6.07, 6.45) is 1.01. The van der Waals surface area contributed by atoms with Crippen LogP contribution in [0.1, 0.15) is 16.7 Å². The second-order valence-electron chi connectivity index (χ2n) is 6.12. The molecule has 0 saturated carbocycles. The Bertz CT molecular complexity index is 776. The van der Waals surface area contributed by atoms with Crippen LogP contribution in [0, 0.1) is 6.92 Å². The molecule has 2 heteroatoms. The Morgan fingerprint density at radius 1 is 0.792 bits per heavy atom. The lowest BCUT2D eigenvalue weighted by molar-refractivity contribution is 0.687. The highest BCUT2D eigenvalue weighted by Gasteiger charge is 1.99. The van der Waals surface area contributed by atoms with Gasteiger partial charge in [-0.2, -0.15) is 0 Å². The molecule has 0 fully saturated rings. The van der Waals surface area contributed by atoms with Crippen LogP contribution in [0.2, 0.25) is 5.02 Å². The van der Waals surface area contributed by atoms with Crippen molar-refractivity contribution in [1.29, 1.82) is 0 Å². The van der Waals surface area contributed by atoms with E-state index in [-0.39, 0.29) is 0 Å². The van der Waals surface area contributed by atoms with Gasteiger partial charge in [0.25, 0.3) is 0 Å². The molecule has 122 valence electrons. The SMILES string of the molecule is Cc1cccc(-c2ccc(CNCCc3ccc(Cl)cc3)cc2)c1. The summed E-state index contributed by atoms with van der Waals surface area (Å²) in [5, 5.41) is 4.29. The van der Waals surface area contributed by atoms with Crippen LogP contribution in [0.3, 0.4) is 0 Å². The van der Waals surface area contributed by atoms with Crippen molar-refractivity contribution in [3.05, 3.63) is 94.5 Å². The Kier molecular flexibility index (Phi) is 5.68. The van der Waals surface area contributed by atoms with Crippen LogP contribution >= 0.6 is 11.6 Å². The molecule has 0 aliphatic carbocycles. The smallest absolute Gasteiger partial charge is 0.0406 e. The molecule has 0 saturated heterocycles. The summed E-state index contributed by atoms with van der Waals surface area (Å²) in [6.45, 7) is 3.98. The van der Waals surface area contributed by atoms with Crippen LogP contribution in [0.4, 0.5) is 0 Å². The molecular formula is C22H22ClN. The van der Waals surface area contributed by atoms with Gasteiger partial charge in [-0.1, -0.05) is 77.8 Å². The van der Waals surface area contributed by atoms with Gasteiger partial charge in [0.1, 0.15) is 0 Å². The van der Waals surface area contributed by atoms with Crippen LogP contribution in [-0.4, -0.2) is 6.54 Å². The maximum Gasteiger partial charge on any atom is 0.0406 e. The molecule has 0 unspecified atom stereocenters. The first-order chi connectivity index (χ1) is 11.7. The maximum absolute atomic E-state index is 5.90. The lowest BCUT2D eigenvalue weighted by Crippen LogP contribution is -2.16. The fourth-order valence-corrected chi connectivity index (χ4v) is 2.88. The highest BCUT2D eigenvalue weighted by atomic mass is 35.5. The van der Waals surface area contributed by atoms with Gasteiger partial charge in [-0.15, -0.1) is 0 Å². The Morgan fingerprint density at radius 3 is 2.21 bits per heavy atom. The van der Waals surface area contributed by atoms with E-state index in [4.69, 9.17) is 11.6 Å². The van der Waals surface area contributed by atoms with E-state index in [1.54, 1.807) is 0 Å². The van der Waals surface area contributed by atoms with Gasteiger partial charge in [0.05, 0.1) is 0 Å².